The van der Waals surface area contributed by atoms with Crippen LogP contribution in [0.2, 0.25) is 0 Å². The van der Waals surface area contributed by atoms with Gasteiger partial charge in [-0.2, -0.15) is 0 Å². The van der Waals surface area contributed by atoms with Gasteiger partial charge in [0.15, 0.2) is 11.6 Å². The minimum Gasteiger partial charge on any atom is -0.207 e. The van der Waals surface area contributed by atoms with Crippen molar-refractivity contribution in [3.05, 3.63) is 69.4 Å². The molecule has 2 aromatic rings. The first-order valence-corrected chi connectivity index (χ1v) is 6.74. The molecule has 0 bridgehead atoms. The highest BCUT2D eigenvalue weighted by molar-refractivity contribution is 9.10. The molecule has 2 aromatic carbocycles. The zero-order valence-electron chi connectivity index (χ0n) is 9.64. The van der Waals surface area contributed by atoms with Gasteiger partial charge in [0.1, 0.15) is 5.82 Å². The number of alkyl halides is 1. The Morgan fingerprint density at radius 1 is 1.05 bits per heavy atom. The van der Waals surface area contributed by atoms with E-state index in [4.69, 9.17) is 11.6 Å². The molecule has 5 heteroatoms. The first-order chi connectivity index (χ1) is 8.99. The van der Waals surface area contributed by atoms with Crippen molar-refractivity contribution >= 4 is 27.5 Å². The molecule has 0 aliphatic rings. The normalized spacial score (nSPS) is 12.5. The third-order valence-corrected chi connectivity index (χ3v) is 3.61. The van der Waals surface area contributed by atoms with E-state index < -0.39 is 22.8 Å². The maximum absolute atomic E-state index is 13.6. The van der Waals surface area contributed by atoms with Gasteiger partial charge in [-0.25, -0.2) is 13.2 Å². The summed E-state index contributed by atoms with van der Waals surface area (Å²) in [6, 6.07) is 8.21. The fraction of sp³-hybridized carbons (Fsp3) is 0.143. The molecule has 0 saturated heterocycles. The van der Waals surface area contributed by atoms with Crippen LogP contribution in [0.1, 0.15) is 16.5 Å². The first kappa shape index (κ1) is 14.4. The number of rotatable bonds is 3. The maximum Gasteiger partial charge on any atom is 0.162 e. The van der Waals surface area contributed by atoms with Crippen molar-refractivity contribution in [2.45, 2.75) is 11.8 Å². The molecule has 0 aliphatic heterocycles. The average Bonchev–Trinajstić information content (AvgIpc) is 2.38. The Morgan fingerprint density at radius 2 is 1.79 bits per heavy atom. The van der Waals surface area contributed by atoms with E-state index in [2.05, 4.69) is 15.9 Å². The molecule has 0 spiro atoms. The van der Waals surface area contributed by atoms with E-state index in [0.29, 0.717) is 4.47 Å². The van der Waals surface area contributed by atoms with Crippen LogP contribution in [0.15, 0.2) is 40.9 Å². The molecule has 0 fully saturated rings. The van der Waals surface area contributed by atoms with Crippen molar-refractivity contribution in [2.75, 3.05) is 0 Å². The topological polar surface area (TPSA) is 0 Å². The average molecular weight is 350 g/mol. The van der Waals surface area contributed by atoms with Crippen molar-refractivity contribution in [3.63, 3.8) is 0 Å². The van der Waals surface area contributed by atoms with Crippen molar-refractivity contribution in [1.29, 1.82) is 0 Å². The van der Waals surface area contributed by atoms with Gasteiger partial charge in [-0.1, -0.05) is 28.1 Å². The SMILES string of the molecule is Fc1ccc(Br)cc1C(Cl)Cc1cccc(F)c1F. The number of hydrogen-bond acceptors (Lipinski definition) is 0. The molecule has 0 aliphatic carbocycles. The Balaban J connectivity index is 2.28. The second kappa shape index (κ2) is 5.97. The van der Waals surface area contributed by atoms with Crippen LogP contribution in [0.5, 0.6) is 0 Å². The lowest BCUT2D eigenvalue weighted by Gasteiger charge is -2.12. The number of benzene rings is 2. The van der Waals surface area contributed by atoms with E-state index in [1.165, 1.54) is 24.3 Å². The molecule has 2 rings (SSSR count). The van der Waals surface area contributed by atoms with E-state index in [-0.39, 0.29) is 17.5 Å². The zero-order valence-corrected chi connectivity index (χ0v) is 12.0. The van der Waals surface area contributed by atoms with E-state index in [9.17, 15) is 13.2 Å². The van der Waals surface area contributed by atoms with E-state index in [1.54, 1.807) is 6.07 Å². The van der Waals surface area contributed by atoms with Crippen molar-refractivity contribution in [2.24, 2.45) is 0 Å². The van der Waals surface area contributed by atoms with Crippen LogP contribution in [-0.2, 0) is 6.42 Å². The van der Waals surface area contributed by atoms with Gasteiger partial charge in [0.25, 0.3) is 0 Å². The second-order valence-corrected chi connectivity index (χ2v) is 5.49. The largest absolute Gasteiger partial charge is 0.207 e. The Morgan fingerprint density at radius 3 is 2.53 bits per heavy atom. The Hall–Kier alpha value is -1.00. The van der Waals surface area contributed by atoms with Crippen LogP contribution >= 0.6 is 27.5 Å². The summed E-state index contributed by atoms with van der Waals surface area (Å²) in [5.41, 5.74) is 0.374. The summed E-state index contributed by atoms with van der Waals surface area (Å²) in [6.07, 6.45) is 0.0124. The lowest BCUT2D eigenvalue weighted by molar-refractivity contribution is 0.497. The van der Waals surface area contributed by atoms with Gasteiger partial charge >= 0.3 is 0 Å². The first-order valence-electron chi connectivity index (χ1n) is 5.51. The minimum atomic E-state index is -0.941. The Bertz CT molecular complexity index is 601. The summed E-state index contributed by atoms with van der Waals surface area (Å²) in [6.45, 7) is 0. The summed E-state index contributed by atoms with van der Waals surface area (Å²) in [5.74, 6) is -2.35. The quantitative estimate of drug-likeness (QED) is 0.652. The third-order valence-electron chi connectivity index (χ3n) is 2.73. The van der Waals surface area contributed by atoms with E-state index in [0.717, 1.165) is 6.07 Å². The van der Waals surface area contributed by atoms with Crippen molar-refractivity contribution in [1.82, 2.24) is 0 Å². The number of hydrogen-bond donors (Lipinski definition) is 0. The van der Waals surface area contributed by atoms with Crippen molar-refractivity contribution in [3.8, 4) is 0 Å². The number of halogens is 5. The monoisotopic (exact) mass is 348 g/mol. The molecular weight excluding hydrogens is 341 g/mol. The smallest absolute Gasteiger partial charge is 0.162 e. The molecule has 0 radical (unpaired) electrons. The highest BCUT2D eigenvalue weighted by atomic mass is 79.9. The summed E-state index contributed by atoms with van der Waals surface area (Å²) < 4.78 is 40.9. The van der Waals surface area contributed by atoms with Crippen LogP contribution in [0, 0.1) is 17.5 Å². The summed E-state index contributed by atoms with van der Waals surface area (Å²) in [5, 5.41) is -0.770. The molecule has 0 saturated carbocycles. The fourth-order valence-electron chi connectivity index (χ4n) is 1.76. The molecule has 1 unspecified atom stereocenters. The predicted octanol–water partition coefficient (Wildman–Crippen LogP) is 5.39. The van der Waals surface area contributed by atoms with E-state index >= 15 is 0 Å². The summed E-state index contributed by atoms with van der Waals surface area (Å²) in [7, 11) is 0. The highest BCUT2D eigenvalue weighted by Crippen LogP contribution is 2.30. The molecule has 19 heavy (non-hydrogen) atoms. The molecule has 0 N–H and O–H groups in total. The second-order valence-electron chi connectivity index (χ2n) is 4.05. The van der Waals surface area contributed by atoms with Crippen LogP contribution < -0.4 is 0 Å². The standard InChI is InChI=1S/C14H9BrClF3/c15-9-4-5-12(17)10(7-9)11(16)6-8-2-1-3-13(18)14(8)19/h1-5,7,11H,6H2. The highest BCUT2D eigenvalue weighted by Gasteiger charge is 2.17. The van der Waals surface area contributed by atoms with Crippen LogP contribution in [0.25, 0.3) is 0 Å². The van der Waals surface area contributed by atoms with Crippen LogP contribution in [0.4, 0.5) is 13.2 Å². The van der Waals surface area contributed by atoms with Gasteiger partial charge in [-0.05, 0) is 36.2 Å². The van der Waals surface area contributed by atoms with Gasteiger partial charge in [-0.15, -0.1) is 11.6 Å². The van der Waals surface area contributed by atoms with Gasteiger partial charge < -0.3 is 0 Å². The van der Waals surface area contributed by atoms with Crippen LogP contribution in [0.3, 0.4) is 0 Å². The lowest BCUT2D eigenvalue weighted by Crippen LogP contribution is -2.02. The van der Waals surface area contributed by atoms with Gasteiger partial charge in [0.2, 0.25) is 0 Å². The van der Waals surface area contributed by atoms with Gasteiger partial charge in [-0.3, -0.25) is 0 Å². The lowest BCUT2D eigenvalue weighted by atomic mass is 10.0. The summed E-state index contributed by atoms with van der Waals surface area (Å²) in [4.78, 5) is 0. The fourth-order valence-corrected chi connectivity index (χ4v) is 2.48. The Labute approximate surface area is 122 Å². The molecule has 0 nitrogen and oxygen atoms in total. The van der Waals surface area contributed by atoms with Crippen molar-refractivity contribution < 1.29 is 13.2 Å². The molecule has 0 aromatic heterocycles. The molecule has 1 atom stereocenters. The summed E-state index contributed by atoms with van der Waals surface area (Å²) >= 11 is 9.31. The third kappa shape index (κ3) is 3.31. The van der Waals surface area contributed by atoms with Gasteiger partial charge in [0, 0.05) is 10.0 Å². The molecule has 100 valence electrons. The van der Waals surface area contributed by atoms with E-state index in [1.807, 2.05) is 0 Å². The Kier molecular flexibility index (Phi) is 4.53. The zero-order chi connectivity index (χ0) is 14.0. The minimum absolute atomic E-state index is 0.0124. The molecular formula is C14H9BrClF3. The molecule has 0 amide bonds. The molecule has 0 heterocycles. The predicted molar refractivity (Wildman–Crippen MR) is 72.8 cm³/mol. The van der Waals surface area contributed by atoms with Gasteiger partial charge in [0.05, 0.1) is 5.38 Å². The maximum atomic E-state index is 13.6. The van der Waals surface area contributed by atoms with Crippen LogP contribution in [-0.4, -0.2) is 0 Å².